The van der Waals surface area contributed by atoms with Gasteiger partial charge in [0.05, 0.1) is 17.5 Å². The van der Waals surface area contributed by atoms with Crippen LogP contribution in [0.3, 0.4) is 0 Å². The molecular formula is C18H13F3N4S. The molecule has 4 nitrogen and oxygen atoms in total. The fraction of sp³-hybridized carbons (Fsp3) is 0.111. The summed E-state index contributed by atoms with van der Waals surface area (Å²) in [7, 11) is 0. The minimum atomic E-state index is -4.38. The van der Waals surface area contributed by atoms with Crippen LogP contribution in [0.1, 0.15) is 11.1 Å². The molecule has 0 aliphatic carbocycles. The van der Waals surface area contributed by atoms with E-state index in [1.165, 1.54) is 17.4 Å². The Labute approximate surface area is 150 Å². The molecule has 0 radical (unpaired) electrons. The van der Waals surface area contributed by atoms with E-state index < -0.39 is 11.7 Å². The van der Waals surface area contributed by atoms with Crippen molar-refractivity contribution in [3.63, 3.8) is 0 Å². The van der Waals surface area contributed by atoms with Crippen LogP contribution < -0.4 is 5.32 Å². The Kier molecular flexibility index (Phi) is 4.12. The van der Waals surface area contributed by atoms with Crippen molar-refractivity contribution in [1.29, 1.82) is 0 Å². The SMILES string of the molecule is FC(F)(F)c1cccc(-c2cn3nc(NCc4ccccc4)sc3n2)c1. The second-order valence-corrected chi connectivity index (χ2v) is 6.63. The summed E-state index contributed by atoms with van der Waals surface area (Å²) in [6, 6.07) is 15.0. The van der Waals surface area contributed by atoms with Crippen LogP contribution in [0.4, 0.5) is 18.3 Å². The highest BCUT2D eigenvalue weighted by atomic mass is 32.1. The number of nitrogens with zero attached hydrogens (tertiary/aromatic N) is 3. The molecule has 26 heavy (non-hydrogen) atoms. The number of halogens is 3. The molecular weight excluding hydrogens is 361 g/mol. The third kappa shape index (κ3) is 3.41. The Morgan fingerprint density at radius 3 is 2.58 bits per heavy atom. The number of benzene rings is 2. The summed E-state index contributed by atoms with van der Waals surface area (Å²) in [5.74, 6) is 0. The monoisotopic (exact) mass is 374 g/mol. The van der Waals surface area contributed by atoms with Crippen molar-refractivity contribution in [1.82, 2.24) is 14.6 Å². The predicted molar refractivity (Wildman–Crippen MR) is 95.1 cm³/mol. The maximum atomic E-state index is 12.9. The number of fused-ring (bicyclic) bond motifs is 1. The van der Waals surface area contributed by atoms with Crippen LogP contribution >= 0.6 is 11.3 Å². The second kappa shape index (κ2) is 6.45. The molecule has 0 fully saturated rings. The van der Waals surface area contributed by atoms with Crippen molar-refractivity contribution in [3.8, 4) is 11.3 Å². The molecule has 2 heterocycles. The van der Waals surface area contributed by atoms with Gasteiger partial charge in [0.15, 0.2) is 0 Å². The average molecular weight is 374 g/mol. The zero-order valence-electron chi connectivity index (χ0n) is 13.4. The summed E-state index contributed by atoms with van der Waals surface area (Å²) < 4.78 is 40.2. The number of anilines is 1. The highest BCUT2D eigenvalue weighted by Crippen LogP contribution is 2.32. The first-order chi connectivity index (χ1) is 12.5. The predicted octanol–water partition coefficient (Wildman–Crippen LogP) is 5.09. The third-order valence-electron chi connectivity index (χ3n) is 3.82. The summed E-state index contributed by atoms with van der Waals surface area (Å²) >= 11 is 1.35. The number of imidazole rings is 1. The van der Waals surface area contributed by atoms with E-state index in [9.17, 15) is 13.2 Å². The van der Waals surface area contributed by atoms with Crippen molar-refractivity contribution in [2.45, 2.75) is 12.7 Å². The van der Waals surface area contributed by atoms with Gasteiger partial charge in [-0.15, -0.1) is 5.10 Å². The van der Waals surface area contributed by atoms with Crippen molar-refractivity contribution in [2.24, 2.45) is 0 Å². The molecule has 8 heteroatoms. The van der Waals surface area contributed by atoms with Crippen molar-refractivity contribution in [2.75, 3.05) is 5.32 Å². The van der Waals surface area contributed by atoms with E-state index in [-0.39, 0.29) is 0 Å². The Bertz CT molecular complexity index is 1010. The first kappa shape index (κ1) is 16.6. The second-order valence-electron chi connectivity index (χ2n) is 5.68. The Morgan fingerprint density at radius 2 is 1.85 bits per heavy atom. The standard InChI is InChI=1S/C18H13F3N4S/c19-18(20,21)14-8-4-7-13(9-14)15-11-25-17(23-15)26-16(24-25)22-10-12-5-2-1-3-6-12/h1-9,11H,10H2,(H,22,24). The van der Waals surface area contributed by atoms with Crippen LogP contribution in [0.2, 0.25) is 0 Å². The Hall–Kier alpha value is -2.87. The van der Waals surface area contributed by atoms with Gasteiger partial charge in [0.2, 0.25) is 10.1 Å². The van der Waals surface area contributed by atoms with E-state index in [2.05, 4.69) is 15.4 Å². The van der Waals surface area contributed by atoms with E-state index in [0.717, 1.165) is 17.7 Å². The van der Waals surface area contributed by atoms with Gasteiger partial charge < -0.3 is 5.32 Å². The summed E-state index contributed by atoms with van der Waals surface area (Å²) in [4.78, 5) is 5.01. The molecule has 0 spiro atoms. The van der Waals surface area contributed by atoms with Gasteiger partial charge in [0.25, 0.3) is 0 Å². The highest BCUT2D eigenvalue weighted by molar-refractivity contribution is 7.20. The topological polar surface area (TPSA) is 42.2 Å². The van der Waals surface area contributed by atoms with Gasteiger partial charge in [-0.05, 0) is 17.7 Å². The van der Waals surface area contributed by atoms with Crippen LogP contribution in [0.5, 0.6) is 0 Å². The number of aromatic nitrogens is 3. The molecule has 2 aromatic heterocycles. The molecule has 0 atom stereocenters. The molecule has 4 rings (SSSR count). The maximum Gasteiger partial charge on any atom is 0.416 e. The number of nitrogens with one attached hydrogen (secondary N) is 1. The number of alkyl halides is 3. The van der Waals surface area contributed by atoms with Crippen LogP contribution in [-0.4, -0.2) is 14.6 Å². The van der Waals surface area contributed by atoms with Crippen LogP contribution in [0.15, 0.2) is 60.8 Å². The van der Waals surface area contributed by atoms with Gasteiger partial charge in [-0.1, -0.05) is 53.8 Å². The average Bonchev–Trinajstić information content (AvgIpc) is 3.19. The highest BCUT2D eigenvalue weighted by Gasteiger charge is 2.30. The van der Waals surface area contributed by atoms with E-state index in [1.807, 2.05) is 30.3 Å². The minimum absolute atomic E-state index is 0.413. The molecule has 1 N–H and O–H groups in total. The lowest BCUT2D eigenvalue weighted by molar-refractivity contribution is -0.137. The van der Waals surface area contributed by atoms with Crippen LogP contribution in [0, 0.1) is 0 Å². The van der Waals surface area contributed by atoms with Gasteiger partial charge in [0.1, 0.15) is 0 Å². The molecule has 2 aromatic carbocycles. The fourth-order valence-electron chi connectivity index (χ4n) is 2.54. The molecule has 0 aliphatic rings. The summed E-state index contributed by atoms with van der Waals surface area (Å²) in [5.41, 5.74) is 1.32. The molecule has 0 unspecified atom stereocenters. The van der Waals surface area contributed by atoms with Gasteiger partial charge in [-0.2, -0.15) is 13.2 Å². The van der Waals surface area contributed by atoms with E-state index >= 15 is 0 Å². The number of hydrogen-bond acceptors (Lipinski definition) is 4. The lowest BCUT2D eigenvalue weighted by Gasteiger charge is -2.07. The molecule has 132 valence electrons. The van der Waals surface area contributed by atoms with Gasteiger partial charge in [-0.3, -0.25) is 0 Å². The molecule has 0 bridgehead atoms. The normalized spacial score (nSPS) is 11.8. The number of rotatable bonds is 4. The number of hydrogen-bond donors (Lipinski definition) is 1. The zero-order chi connectivity index (χ0) is 18.1. The van der Waals surface area contributed by atoms with Gasteiger partial charge in [0, 0.05) is 12.1 Å². The largest absolute Gasteiger partial charge is 0.416 e. The zero-order valence-corrected chi connectivity index (χ0v) is 14.2. The summed E-state index contributed by atoms with van der Waals surface area (Å²) in [6.45, 7) is 0.637. The first-order valence-electron chi connectivity index (χ1n) is 7.81. The van der Waals surface area contributed by atoms with Crippen molar-refractivity contribution < 1.29 is 13.2 Å². The Balaban J connectivity index is 1.55. The van der Waals surface area contributed by atoms with E-state index in [4.69, 9.17) is 0 Å². The van der Waals surface area contributed by atoms with Crippen LogP contribution in [0.25, 0.3) is 16.2 Å². The molecule has 0 aliphatic heterocycles. The Morgan fingerprint density at radius 1 is 1.04 bits per heavy atom. The van der Waals surface area contributed by atoms with Gasteiger partial charge >= 0.3 is 6.18 Å². The van der Waals surface area contributed by atoms with E-state index in [1.54, 1.807) is 16.8 Å². The van der Waals surface area contributed by atoms with Crippen molar-refractivity contribution >= 4 is 21.4 Å². The lowest BCUT2D eigenvalue weighted by atomic mass is 10.1. The van der Waals surface area contributed by atoms with E-state index in [0.29, 0.717) is 27.9 Å². The van der Waals surface area contributed by atoms with Crippen LogP contribution in [-0.2, 0) is 12.7 Å². The molecule has 0 amide bonds. The maximum absolute atomic E-state index is 12.9. The van der Waals surface area contributed by atoms with Gasteiger partial charge in [-0.25, -0.2) is 9.50 Å². The summed E-state index contributed by atoms with van der Waals surface area (Å²) in [5, 5.41) is 8.31. The molecule has 0 saturated heterocycles. The molecule has 0 saturated carbocycles. The summed E-state index contributed by atoms with van der Waals surface area (Å²) in [6.07, 6.45) is -2.74. The fourth-order valence-corrected chi connectivity index (χ4v) is 3.32. The third-order valence-corrected chi connectivity index (χ3v) is 4.70. The molecule has 4 aromatic rings. The smallest absolute Gasteiger partial charge is 0.356 e. The minimum Gasteiger partial charge on any atom is -0.356 e. The first-order valence-corrected chi connectivity index (χ1v) is 8.62. The van der Waals surface area contributed by atoms with Crippen molar-refractivity contribution in [3.05, 3.63) is 71.9 Å². The quantitative estimate of drug-likeness (QED) is 0.541. The lowest BCUT2D eigenvalue weighted by Crippen LogP contribution is -2.04.